The number of Topliss-reactive ketones (excluding diaryl/α,β-unsaturated/α-hetero) is 1. The summed E-state index contributed by atoms with van der Waals surface area (Å²) < 4.78 is 10.9. The van der Waals surface area contributed by atoms with Crippen molar-refractivity contribution in [3.05, 3.63) is 39.7 Å². The molecule has 0 spiro atoms. The van der Waals surface area contributed by atoms with Gasteiger partial charge in [0.25, 0.3) is 0 Å². The highest BCUT2D eigenvalue weighted by Crippen LogP contribution is 2.25. The van der Waals surface area contributed by atoms with Crippen LogP contribution in [0.15, 0.2) is 27.4 Å². The minimum Gasteiger partial charge on any atom is -0.497 e. The first-order valence-electron chi connectivity index (χ1n) is 6.79. The number of aryl methyl sites for hydroxylation is 1. The molecule has 21 heavy (non-hydrogen) atoms. The first-order chi connectivity index (χ1) is 10.0. The number of aliphatic hydroxyl groups excluding tert-OH is 1. The summed E-state index contributed by atoms with van der Waals surface area (Å²) in [5, 5.41) is 9.27. The van der Waals surface area contributed by atoms with Gasteiger partial charge in [-0.1, -0.05) is 0 Å². The summed E-state index contributed by atoms with van der Waals surface area (Å²) in [7, 11) is 1.52. The highest BCUT2D eigenvalue weighted by atomic mass is 16.5. The van der Waals surface area contributed by atoms with E-state index in [0.717, 1.165) is 0 Å². The van der Waals surface area contributed by atoms with Crippen LogP contribution in [0.25, 0.3) is 11.0 Å². The molecule has 0 aliphatic carbocycles. The normalized spacial score (nSPS) is 10.8. The molecule has 0 radical (unpaired) electrons. The molecule has 1 aromatic carbocycles. The largest absolute Gasteiger partial charge is 0.497 e. The summed E-state index contributed by atoms with van der Waals surface area (Å²) in [6, 6.07) is 4.75. The van der Waals surface area contributed by atoms with Crippen LogP contribution < -0.4 is 10.2 Å². The van der Waals surface area contributed by atoms with Crippen molar-refractivity contribution in [1.29, 1.82) is 0 Å². The van der Waals surface area contributed by atoms with Crippen LogP contribution in [0.5, 0.6) is 5.75 Å². The molecule has 0 aliphatic rings. The maximum atomic E-state index is 12.3. The SMILES string of the molecule is COc1cc(CC(C)=O)c2c(=O)cc(CCCO)oc2c1. The molecule has 0 amide bonds. The van der Waals surface area contributed by atoms with Crippen molar-refractivity contribution in [2.45, 2.75) is 26.2 Å². The first-order valence-corrected chi connectivity index (χ1v) is 6.79. The van der Waals surface area contributed by atoms with Crippen molar-refractivity contribution in [3.63, 3.8) is 0 Å². The quantitative estimate of drug-likeness (QED) is 0.878. The standard InChI is InChI=1S/C16H18O5/c1-10(18)6-11-7-13(20-2)9-15-16(11)14(19)8-12(21-15)4-3-5-17/h7-9,17H,3-6H2,1-2H3. The Hall–Kier alpha value is -2.14. The van der Waals surface area contributed by atoms with Crippen LogP contribution in [0.4, 0.5) is 0 Å². The van der Waals surface area contributed by atoms with Crippen molar-refractivity contribution in [2.75, 3.05) is 13.7 Å². The van der Waals surface area contributed by atoms with Gasteiger partial charge >= 0.3 is 0 Å². The van der Waals surface area contributed by atoms with Crippen molar-refractivity contribution in [3.8, 4) is 5.75 Å². The third-order valence-electron chi connectivity index (χ3n) is 3.19. The van der Waals surface area contributed by atoms with Gasteiger partial charge in [0.15, 0.2) is 5.43 Å². The Labute approximate surface area is 122 Å². The lowest BCUT2D eigenvalue weighted by Gasteiger charge is -2.09. The molecule has 5 nitrogen and oxygen atoms in total. The molecule has 0 aliphatic heterocycles. The number of ether oxygens (including phenoxy) is 1. The van der Waals surface area contributed by atoms with E-state index in [1.54, 1.807) is 12.1 Å². The van der Waals surface area contributed by atoms with Gasteiger partial charge in [-0.3, -0.25) is 9.59 Å². The Morgan fingerprint density at radius 2 is 2.10 bits per heavy atom. The molecule has 112 valence electrons. The lowest BCUT2D eigenvalue weighted by atomic mass is 10.0. The predicted octanol–water partition coefficient (Wildman–Crippen LogP) is 1.86. The van der Waals surface area contributed by atoms with Gasteiger partial charge in [0.1, 0.15) is 22.9 Å². The molecule has 0 fully saturated rings. The van der Waals surface area contributed by atoms with Gasteiger partial charge in [0.05, 0.1) is 12.5 Å². The third-order valence-corrected chi connectivity index (χ3v) is 3.19. The second-order valence-electron chi connectivity index (χ2n) is 4.94. The lowest BCUT2D eigenvalue weighted by Crippen LogP contribution is -2.08. The number of hydrogen-bond donors (Lipinski definition) is 1. The molecular weight excluding hydrogens is 272 g/mol. The van der Waals surface area contributed by atoms with Crippen LogP contribution in [-0.2, 0) is 17.6 Å². The van der Waals surface area contributed by atoms with E-state index in [1.165, 1.54) is 20.1 Å². The molecule has 0 saturated carbocycles. The van der Waals surface area contributed by atoms with Gasteiger partial charge in [-0.05, 0) is 25.0 Å². The summed E-state index contributed by atoms with van der Waals surface area (Å²) in [6.07, 6.45) is 1.17. The number of hydrogen-bond acceptors (Lipinski definition) is 5. The summed E-state index contributed by atoms with van der Waals surface area (Å²) >= 11 is 0. The minimum absolute atomic E-state index is 0.0340. The van der Waals surface area contributed by atoms with Crippen molar-refractivity contribution in [2.24, 2.45) is 0 Å². The number of ketones is 1. The van der Waals surface area contributed by atoms with E-state index in [2.05, 4.69) is 0 Å². The molecule has 1 N–H and O–H groups in total. The monoisotopic (exact) mass is 290 g/mol. The topological polar surface area (TPSA) is 76.7 Å². The Balaban J connectivity index is 2.62. The maximum absolute atomic E-state index is 12.3. The number of carbonyl (C=O) groups is 1. The third kappa shape index (κ3) is 3.49. The van der Waals surface area contributed by atoms with Gasteiger partial charge in [0.2, 0.25) is 0 Å². The van der Waals surface area contributed by atoms with E-state index in [9.17, 15) is 9.59 Å². The smallest absolute Gasteiger partial charge is 0.193 e. The van der Waals surface area contributed by atoms with Gasteiger partial charge < -0.3 is 14.3 Å². The van der Waals surface area contributed by atoms with Crippen LogP contribution in [0.2, 0.25) is 0 Å². The molecule has 5 heteroatoms. The van der Waals surface area contributed by atoms with E-state index in [-0.39, 0.29) is 24.2 Å². The van der Waals surface area contributed by atoms with E-state index in [4.69, 9.17) is 14.3 Å². The van der Waals surface area contributed by atoms with Crippen LogP contribution in [-0.4, -0.2) is 24.6 Å². The molecule has 2 rings (SSSR count). The zero-order valence-electron chi connectivity index (χ0n) is 12.1. The Morgan fingerprint density at radius 3 is 2.71 bits per heavy atom. The highest BCUT2D eigenvalue weighted by molar-refractivity contribution is 5.88. The van der Waals surface area contributed by atoms with Gasteiger partial charge in [-0.2, -0.15) is 0 Å². The molecular formula is C16H18O5. The van der Waals surface area contributed by atoms with Gasteiger partial charge in [0, 0.05) is 31.6 Å². The fourth-order valence-corrected chi connectivity index (χ4v) is 2.30. The van der Waals surface area contributed by atoms with Crippen molar-refractivity contribution < 1.29 is 19.1 Å². The lowest BCUT2D eigenvalue weighted by molar-refractivity contribution is -0.116. The Bertz CT molecular complexity index is 714. The van der Waals surface area contributed by atoms with E-state index >= 15 is 0 Å². The van der Waals surface area contributed by atoms with E-state index in [1.807, 2.05) is 0 Å². The average molecular weight is 290 g/mol. The number of benzene rings is 1. The molecule has 0 saturated heterocycles. The molecule has 2 aromatic rings. The predicted molar refractivity (Wildman–Crippen MR) is 78.8 cm³/mol. The summed E-state index contributed by atoms with van der Waals surface area (Å²) in [5.41, 5.74) is 0.841. The average Bonchev–Trinajstić information content (AvgIpc) is 2.43. The van der Waals surface area contributed by atoms with Gasteiger partial charge in [-0.15, -0.1) is 0 Å². The first kappa shape index (κ1) is 15.3. The number of methoxy groups -OCH3 is 1. The van der Waals surface area contributed by atoms with Crippen LogP contribution in [0.3, 0.4) is 0 Å². The number of rotatable bonds is 6. The second-order valence-corrected chi connectivity index (χ2v) is 4.94. The van der Waals surface area contributed by atoms with E-state index in [0.29, 0.717) is 40.9 Å². The van der Waals surface area contributed by atoms with Crippen LogP contribution in [0, 0.1) is 0 Å². The molecule has 0 unspecified atom stereocenters. The molecule has 0 bridgehead atoms. The Kier molecular flexibility index (Phi) is 4.75. The molecule has 1 heterocycles. The van der Waals surface area contributed by atoms with Crippen LogP contribution >= 0.6 is 0 Å². The van der Waals surface area contributed by atoms with Crippen molar-refractivity contribution in [1.82, 2.24) is 0 Å². The fourth-order valence-electron chi connectivity index (χ4n) is 2.30. The number of fused-ring (bicyclic) bond motifs is 1. The van der Waals surface area contributed by atoms with Gasteiger partial charge in [-0.25, -0.2) is 0 Å². The van der Waals surface area contributed by atoms with E-state index < -0.39 is 0 Å². The number of aliphatic hydroxyl groups is 1. The fraction of sp³-hybridized carbons (Fsp3) is 0.375. The number of carbonyl (C=O) groups excluding carboxylic acids is 1. The summed E-state index contributed by atoms with van der Waals surface area (Å²) in [4.78, 5) is 23.7. The molecule has 0 atom stereocenters. The Morgan fingerprint density at radius 1 is 1.33 bits per heavy atom. The zero-order valence-corrected chi connectivity index (χ0v) is 12.1. The zero-order chi connectivity index (χ0) is 15.4. The second kappa shape index (κ2) is 6.54. The highest BCUT2D eigenvalue weighted by Gasteiger charge is 2.13. The maximum Gasteiger partial charge on any atom is 0.193 e. The molecule has 1 aromatic heterocycles. The van der Waals surface area contributed by atoms with Crippen LogP contribution in [0.1, 0.15) is 24.7 Å². The summed E-state index contributed by atoms with van der Waals surface area (Å²) in [6.45, 7) is 1.51. The summed E-state index contributed by atoms with van der Waals surface area (Å²) in [5.74, 6) is 1.03. The minimum atomic E-state index is -0.178. The van der Waals surface area contributed by atoms with Crippen molar-refractivity contribution >= 4 is 16.8 Å².